The molecule has 0 aliphatic carbocycles. The van der Waals surface area contributed by atoms with Crippen LogP contribution >= 0.6 is 0 Å². The number of unbranched alkanes of at least 4 members (excludes halogenated alkanes) is 1. The molecule has 122 valence electrons. The Balaban J connectivity index is 1.75. The number of nitrogens with zero attached hydrogens (tertiary/aromatic N) is 1. The van der Waals surface area contributed by atoms with Gasteiger partial charge in [-0.1, -0.05) is 18.2 Å². The Morgan fingerprint density at radius 2 is 1.87 bits per heavy atom. The Hall–Kier alpha value is -2.40. The molecule has 1 heterocycles. The maximum Gasteiger partial charge on any atom is 0.250 e. The maximum absolute atomic E-state index is 11.9. The van der Waals surface area contributed by atoms with E-state index in [2.05, 4.69) is 5.32 Å². The predicted molar refractivity (Wildman–Crippen MR) is 92.3 cm³/mol. The highest BCUT2D eigenvalue weighted by Crippen LogP contribution is 2.10. The van der Waals surface area contributed by atoms with Crippen LogP contribution in [0.3, 0.4) is 0 Å². The fraction of sp³-hybridized carbons (Fsp3) is 0.333. The van der Waals surface area contributed by atoms with Gasteiger partial charge in [0.1, 0.15) is 0 Å². The van der Waals surface area contributed by atoms with Crippen LogP contribution in [0.5, 0.6) is 0 Å². The van der Waals surface area contributed by atoms with Gasteiger partial charge >= 0.3 is 0 Å². The van der Waals surface area contributed by atoms with Crippen molar-refractivity contribution in [1.29, 1.82) is 0 Å². The first-order valence-corrected chi connectivity index (χ1v) is 7.85. The number of hydrogen-bond acceptors (Lipinski definition) is 3. The lowest BCUT2D eigenvalue weighted by Crippen LogP contribution is -2.21. The first kappa shape index (κ1) is 17.0. The Morgan fingerprint density at radius 1 is 1.13 bits per heavy atom. The number of aromatic nitrogens is 1. The third-order valence-corrected chi connectivity index (χ3v) is 3.78. The summed E-state index contributed by atoms with van der Waals surface area (Å²) in [6.45, 7) is 3.05. The minimum absolute atomic E-state index is 0.00875. The zero-order chi connectivity index (χ0) is 16.7. The van der Waals surface area contributed by atoms with Crippen LogP contribution < -0.4 is 16.6 Å². The van der Waals surface area contributed by atoms with Gasteiger partial charge in [0, 0.05) is 37.0 Å². The highest BCUT2D eigenvalue weighted by atomic mass is 16.1. The van der Waals surface area contributed by atoms with Gasteiger partial charge in [-0.25, -0.2) is 0 Å². The molecule has 1 amide bonds. The van der Waals surface area contributed by atoms with Crippen molar-refractivity contribution in [2.24, 2.45) is 5.73 Å². The summed E-state index contributed by atoms with van der Waals surface area (Å²) >= 11 is 0. The van der Waals surface area contributed by atoms with E-state index < -0.39 is 0 Å². The molecule has 0 saturated heterocycles. The van der Waals surface area contributed by atoms with Gasteiger partial charge in [0.2, 0.25) is 5.91 Å². The normalized spacial score (nSPS) is 10.5. The highest BCUT2D eigenvalue weighted by molar-refractivity contribution is 5.90. The molecule has 5 heteroatoms. The largest absolute Gasteiger partial charge is 0.326 e. The van der Waals surface area contributed by atoms with Crippen LogP contribution in [0.25, 0.3) is 0 Å². The van der Waals surface area contributed by atoms with Gasteiger partial charge in [0.05, 0.1) is 0 Å². The average Bonchev–Trinajstić information content (AvgIpc) is 2.54. The summed E-state index contributed by atoms with van der Waals surface area (Å²) in [6, 6.07) is 12.8. The molecule has 0 spiro atoms. The van der Waals surface area contributed by atoms with E-state index in [1.54, 1.807) is 16.7 Å². The first-order chi connectivity index (χ1) is 11.1. The van der Waals surface area contributed by atoms with E-state index in [0.717, 1.165) is 29.8 Å². The van der Waals surface area contributed by atoms with E-state index in [0.29, 0.717) is 19.5 Å². The lowest BCUT2D eigenvalue weighted by Gasteiger charge is -2.09. The lowest BCUT2D eigenvalue weighted by atomic mass is 10.2. The third-order valence-electron chi connectivity index (χ3n) is 3.78. The van der Waals surface area contributed by atoms with Crippen LogP contribution in [0, 0.1) is 6.92 Å². The third kappa shape index (κ3) is 5.07. The van der Waals surface area contributed by atoms with Gasteiger partial charge in [-0.05, 0) is 43.5 Å². The Labute approximate surface area is 136 Å². The molecule has 3 N–H and O–H groups in total. The topological polar surface area (TPSA) is 77.1 Å². The van der Waals surface area contributed by atoms with Gasteiger partial charge in [-0.15, -0.1) is 0 Å². The van der Waals surface area contributed by atoms with Gasteiger partial charge in [-0.3, -0.25) is 9.59 Å². The summed E-state index contributed by atoms with van der Waals surface area (Å²) in [5, 5.41) is 2.87. The maximum atomic E-state index is 11.9. The average molecular weight is 313 g/mol. The molecule has 2 rings (SSSR count). The van der Waals surface area contributed by atoms with E-state index in [-0.39, 0.29) is 11.5 Å². The fourth-order valence-corrected chi connectivity index (χ4v) is 2.41. The van der Waals surface area contributed by atoms with Crippen molar-refractivity contribution in [1.82, 2.24) is 4.57 Å². The van der Waals surface area contributed by atoms with Crippen molar-refractivity contribution < 1.29 is 4.79 Å². The number of benzene rings is 1. The fourth-order valence-electron chi connectivity index (χ4n) is 2.41. The molecule has 0 fully saturated rings. The molecule has 0 atom stereocenters. The van der Waals surface area contributed by atoms with E-state index >= 15 is 0 Å². The minimum atomic E-state index is -0.0115. The molecule has 0 radical (unpaired) electrons. The predicted octanol–water partition coefficient (Wildman–Crippen LogP) is 2.42. The number of aryl methyl sites for hydroxylation is 1. The molecular weight excluding hydrogens is 290 g/mol. The molecule has 0 saturated carbocycles. The van der Waals surface area contributed by atoms with Crippen molar-refractivity contribution in [3.05, 3.63) is 64.1 Å². The number of pyridine rings is 1. The van der Waals surface area contributed by atoms with Crippen LogP contribution in [-0.4, -0.2) is 10.5 Å². The summed E-state index contributed by atoms with van der Waals surface area (Å²) in [7, 11) is 0. The van der Waals surface area contributed by atoms with Crippen molar-refractivity contribution in [3.63, 3.8) is 0 Å². The molecule has 5 nitrogen and oxygen atoms in total. The molecule has 0 unspecified atom stereocenters. The van der Waals surface area contributed by atoms with Gasteiger partial charge in [0.25, 0.3) is 5.56 Å². The zero-order valence-electron chi connectivity index (χ0n) is 13.4. The van der Waals surface area contributed by atoms with Gasteiger partial charge in [0.15, 0.2) is 0 Å². The number of rotatable bonds is 7. The Kier molecular flexibility index (Phi) is 6.11. The number of carbonyl (C=O) groups excluding carboxylic acids is 1. The van der Waals surface area contributed by atoms with Crippen LogP contribution in [0.2, 0.25) is 0 Å². The molecular formula is C18H23N3O2. The summed E-state index contributed by atoms with van der Waals surface area (Å²) in [5.74, 6) is -0.0115. The second kappa shape index (κ2) is 8.29. The molecule has 2 aromatic rings. The quantitative estimate of drug-likeness (QED) is 0.771. The molecule has 0 bridgehead atoms. The molecule has 0 aliphatic heterocycles. The number of amides is 1. The van der Waals surface area contributed by atoms with E-state index in [4.69, 9.17) is 5.73 Å². The van der Waals surface area contributed by atoms with E-state index in [9.17, 15) is 9.59 Å². The lowest BCUT2D eigenvalue weighted by molar-refractivity contribution is -0.116. The second-order valence-corrected chi connectivity index (χ2v) is 5.56. The molecule has 23 heavy (non-hydrogen) atoms. The van der Waals surface area contributed by atoms with E-state index in [1.807, 2.05) is 37.3 Å². The number of nitrogens with one attached hydrogen (secondary N) is 1. The second-order valence-electron chi connectivity index (χ2n) is 5.56. The van der Waals surface area contributed by atoms with Crippen LogP contribution in [0.15, 0.2) is 47.3 Å². The Morgan fingerprint density at radius 3 is 2.52 bits per heavy atom. The van der Waals surface area contributed by atoms with Crippen molar-refractivity contribution in [3.8, 4) is 0 Å². The summed E-state index contributed by atoms with van der Waals surface area (Å²) < 4.78 is 1.74. The monoisotopic (exact) mass is 313 g/mol. The van der Waals surface area contributed by atoms with E-state index in [1.165, 1.54) is 0 Å². The number of nitrogens with two attached hydrogens (primary N) is 1. The van der Waals surface area contributed by atoms with Crippen molar-refractivity contribution in [2.45, 2.75) is 39.3 Å². The van der Waals surface area contributed by atoms with Gasteiger partial charge in [-0.2, -0.15) is 0 Å². The first-order valence-electron chi connectivity index (χ1n) is 7.85. The molecule has 1 aromatic heterocycles. The molecule has 1 aromatic carbocycles. The summed E-state index contributed by atoms with van der Waals surface area (Å²) in [5.41, 5.74) is 8.31. The Bertz CT molecular complexity index is 705. The molecule has 0 aliphatic rings. The van der Waals surface area contributed by atoms with Crippen LogP contribution in [-0.2, 0) is 17.9 Å². The zero-order valence-corrected chi connectivity index (χ0v) is 13.4. The number of carbonyl (C=O) groups is 1. The SMILES string of the molecule is Cc1cccc(=O)n1CCCCC(=O)Nc1ccc(CN)cc1. The highest BCUT2D eigenvalue weighted by Gasteiger charge is 2.04. The smallest absolute Gasteiger partial charge is 0.250 e. The number of hydrogen-bond donors (Lipinski definition) is 2. The summed E-state index contributed by atoms with van der Waals surface area (Å²) in [6.07, 6.45) is 1.98. The van der Waals surface area contributed by atoms with Crippen molar-refractivity contribution >= 4 is 11.6 Å². The minimum Gasteiger partial charge on any atom is -0.326 e. The van der Waals surface area contributed by atoms with Crippen molar-refractivity contribution in [2.75, 3.05) is 5.32 Å². The standard InChI is InChI=1S/C18H23N3O2/c1-14-5-4-7-18(23)21(14)12-3-2-6-17(22)20-16-10-8-15(13-19)9-11-16/h4-5,7-11H,2-3,6,12-13,19H2,1H3,(H,20,22). The van der Waals surface area contributed by atoms with Crippen LogP contribution in [0.1, 0.15) is 30.5 Å². The number of anilines is 1. The van der Waals surface area contributed by atoms with Gasteiger partial charge < -0.3 is 15.6 Å². The van der Waals surface area contributed by atoms with Crippen LogP contribution in [0.4, 0.5) is 5.69 Å². The summed E-state index contributed by atoms with van der Waals surface area (Å²) in [4.78, 5) is 23.6.